The summed E-state index contributed by atoms with van der Waals surface area (Å²) in [6.07, 6.45) is 1.96. The number of benzene rings is 1. The van der Waals surface area contributed by atoms with Gasteiger partial charge in [0.25, 0.3) is 5.91 Å². The average molecular weight is 276 g/mol. The average Bonchev–Trinajstić information content (AvgIpc) is 2.41. The molecule has 1 aromatic carbocycles. The van der Waals surface area contributed by atoms with Crippen LogP contribution in [0.2, 0.25) is 0 Å². The number of hydrogen-bond acceptors (Lipinski definition) is 2. The molecular formula is C15H20N2OS. The molecule has 0 aliphatic carbocycles. The maximum atomic E-state index is 12.6. The van der Waals surface area contributed by atoms with E-state index in [-0.39, 0.29) is 11.8 Å². The molecule has 1 saturated heterocycles. The summed E-state index contributed by atoms with van der Waals surface area (Å²) in [5.74, 6) is 0.264. The van der Waals surface area contributed by atoms with Gasteiger partial charge in [0.05, 0.1) is 4.99 Å². The van der Waals surface area contributed by atoms with Crippen molar-refractivity contribution < 1.29 is 4.79 Å². The number of nitrogens with zero attached hydrogens (tertiary/aromatic N) is 1. The molecule has 1 atom stereocenters. The van der Waals surface area contributed by atoms with E-state index < -0.39 is 0 Å². The van der Waals surface area contributed by atoms with Gasteiger partial charge in [-0.15, -0.1) is 0 Å². The number of thiocarbonyl (C=S) groups is 1. The third kappa shape index (κ3) is 3.13. The van der Waals surface area contributed by atoms with Crippen LogP contribution in [0.25, 0.3) is 0 Å². The molecule has 1 unspecified atom stereocenters. The Morgan fingerprint density at radius 2 is 2.16 bits per heavy atom. The normalized spacial score (nSPS) is 19.3. The molecule has 102 valence electrons. The highest BCUT2D eigenvalue weighted by Gasteiger charge is 2.26. The van der Waals surface area contributed by atoms with Crippen LogP contribution in [0.15, 0.2) is 18.2 Å². The number of nitrogens with two attached hydrogens (primary N) is 1. The van der Waals surface area contributed by atoms with Gasteiger partial charge in [-0.05, 0) is 38.3 Å². The van der Waals surface area contributed by atoms with Crippen LogP contribution in [0.4, 0.5) is 0 Å². The highest BCUT2D eigenvalue weighted by molar-refractivity contribution is 7.80. The predicted octanol–water partition coefficient (Wildman–Crippen LogP) is 2.44. The van der Waals surface area contributed by atoms with Crippen LogP contribution < -0.4 is 5.73 Å². The quantitative estimate of drug-likeness (QED) is 0.844. The lowest BCUT2D eigenvalue weighted by atomic mass is 9.96. The number of aryl methyl sites for hydroxylation is 2. The molecule has 1 fully saturated rings. The van der Waals surface area contributed by atoms with Crippen molar-refractivity contribution in [3.63, 3.8) is 0 Å². The number of piperidine rings is 1. The fourth-order valence-electron chi connectivity index (χ4n) is 2.53. The minimum absolute atomic E-state index is 0.0992. The SMILES string of the molecule is Cc1ccc(C)c(C(=O)N2CCCC(C(N)=S)C2)c1. The van der Waals surface area contributed by atoms with Gasteiger partial charge in [-0.2, -0.15) is 0 Å². The van der Waals surface area contributed by atoms with Crippen molar-refractivity contribution in [3.05, 3.63) is 34.9 Å². The maximum absolute atomic E-state index is 12.6. The smallest absolute Gasteiger partial charge is 0.254 e. The van der Waals surface area contributed by atoms with Crippen molar-refractivity contribution in [2.24, 2.45) is 11.7 Å². The molecule has 1 heterocycles. The van der Waals surface area contributed by atoms with Crippen LogP contribution in [0.3, 0.4) is 0 Å². The van der Waals surface area contributed by atoms with Gasteiger partial charge in [-0.1, -0.05) is 29.9 Å². The van der Waals surface area contributed by atoms with E-state index in [9.17, 15) is 4.79 Å². The summed E-state index contributed by atoms with van der Waals surface area (Å²) >= 11 is 5.06. The zero-order valence-corrected chi connectivity index (χ0v) is 12.3. The Balaban J connectivity index is 2.19. The first-order valence-corrected chi connectivity index (χ1v) is 7.05. The molecule has 0 radical (unpaired) electrons. The number of amides is 1. The minimum Gasteiger partial charge on any atom is -0.393 e. The van der Waals surface area contributed by atoms with Gasteiger partial charge in [-0.25, -0.2) is 0 Å². The van der Waals surface area contributed by atoms with Gasteiger partial charge in [-0.3, -0.25) is 4.79 Å². The van der Waals surface area contributed by atoms with E-state index in [0.29, 0.717) is 11.5 Å². The number of carbonyl (C=O) groups is 1. The molecule has 4 heteroatoms. The maximum Gasteiger partial charge on any atom is 0.254 e. The molecule has 0 spiro atoms. The Hall–Kier alpha value is -1.42. The molecule has 2 N–H and O–H groups in total. The Labute approximate surface area is 119 Å². The summed E-state index contributed by atoms with van der Waals surface area (Å²) in [5, 5.41) is 0. The second kappa shape index (κ2) is 5.70. The van der Waals surface area contributed by atoms with Crippen LogP contribution in [0.1, 0.15) is 34.3 Å². The monoisotopic (exact) mass is 276 g/mol. The van der Waals surface area contributed by atoms with Crippen LogP contribution in [-0.4, -0.2) is 28.9 Å². The Kier molecular flexibility index (Phi) is 4.20. The number of carbonyl (C=O) groups excluding carboxylic acids is 1. The molecule has 1 aromatic rings. The van der Waals surface area contributed by atoms with Gasteiger partial charge in [0.1, 0.15) is 0 Å². The van der Waals surface area contributed by atoms with Crippen LogP contribution in [-0.2, 0) is 0 Å². The summed E-state index contributed by atoms with van der Waals surface area (Å²) in [6.45, 7) is 5.43. The fraction of sp³-hybridized carbons (Fsp3) is 0.467. The van der Waals surface area contributed by atoms with E-state index in [1.54, 1.807) is 0 Å². The minimum atomic E-state index is 0.0992. The number of rotatable bonds is 2. The van der Waals surface area contributed by atoms with Crippen molar-refractivity contribution in [1.29, 1.82) is 0 Å². The van der Waals surface area contributed by atoms with Crippen molar-refractivity contribution >= 4 is 23.1 Å². The lowest BCUT2D eigenvalue weighted by Crippen LogP contribution is -2.43. The first-order valence-electron chi connectivity index (χ1n) is 6.65. The molecule has 0 aromatic heterocycles. The summed E-state index contributed by atoms with van der Waals surface area (Å²) in [6, 6.07) is 5.99. The first kappa shape index (κ1) is 14.0. The summed E-state index contributed by atoms with van der Waals surface area (Å²) < 4.78 is 0. The van der Waals surface area contributed by atoms with Gasteiger partial charge >= 0.3 is 0 Å². The third-order valence-corrected chi connectivity index (χ3v) is 4.07. The molecule has 0 saturated carbocycles. The molecule has 2 rings (SSSR count). The first-order chi connectivity index (χ1) is 8.99. The van der Waals surface area contributed by atoms with E-state index in [1.165, 1.54) is 0 Å². The Bertz CT molecular complexity index is 513. The van der Waals surface area contributed by atoms with E-state index in [0.717, 1.165) is 36.1 Å². The van der Waals surface area contributed by atoms with Crippen molar-refractivity contribution in [3.8, 4) is 0 Å². The summed E-state index contributed by atoms with van der Waals surface area (Å²) in [4.78, 5) is 15.0. The molecule has 1 amide bonds. The molecule has 1 aliphatic rings. The van der Waals surface area contributed by atoms with Crippen LogP contribution in [0, 0.1) is 19.8 Å². The highest BCUT2D eigenvalue weighted by Crippen LogP contribution is 2.20. The van der Waals surface area contributed by atoms with Gasteiger partial charge in [0.2, 0.25) is 0 Å². The van der Waals surface area contributed by atoms with Gasteiger partial charge in [0, 0.05) is 24.6 Å². The van der Waals surface area contributed by atoms with Crippen molar-refractivity contribution in [2.45, 2.75) is 26.7 Å². The highest BCUT2D eigenvalue weighted by atomic mass is 32.1. The lowest BCUT2D eigenvalue weighted by Gasteiger charge is -2.32. The lowest BCUT2D eigenvalue weighted by molar-refractivity contribution is 0.0703. The fourth-order valence-corrected chi connectivity index (χ4v) is 2.72. The second-order valence-corrected chi connectivity index (χ2v) is 5.78. The third-order valence-electron chi connectivity index (χ3n) is 3.73. The number of likely N-dealkylation sites (tertiary alicyclic amines) is 1. The van der Waals surface area contributed by atoms with Gasteiger partial charge < -0.3 is 10.6 Å². The standard InChI is InChI=1S/C15H20N2OS/c1-10-5-6-11(2)13(8-10)15(18)17-7-3-4-12(9-17)14(16)19/h5-6,8,12H,3-4,7,9H2,1-2H3,(H2,16,19). The topological polar surface area (TPSA) is 46.3 Å². The van der Waals surface area contributed by atoms with E-state index >= 15 is 0 Å². The summed E-state index contributed by atoms with van der Waals surface area (Å²) in [7, 11) is 0. The van der Waals surface area contributed by atoms with Crippen molar-refractivity contribution in [2.75, 3.05) is 13.1 Å². The molecular weight excluding hydrogens is 256 g/mol. The van der Waals surface area contributed by atoms with Crippen molar-refractivity contribution in [1.82, 2.24) is 4.90 Å². The van der Waals surface area contributed by atoms with Crippen LogP contribution in [0.5, 0.6) is 0 Å². The van der Waals surface area contributed by atoms with E-state index in [1.807, 2.05) is 36.9 Å². The molecule has 3 nitrogen and oxygen atoms in total. The predicted molar refractivity (Wildman–Crippen MR) is 81.3 cm³/mol. The van der Waals surface area contributed by atoms with Crippen LogP contribution >= 0.6 is 12.2 Å². The zero-order chi connectivity index (χ0) is 14.0. The molecule has 19 heavy (non-hydrogen) atoms. The summed E-state index contributed by atoms with van der Waals surface area (Å²) in [5.41, 5.74) is 8.64. The largest absolute Gasteiger partial charge is 0.393 e. The Morgan fingerprint density at radius 3 is 2.84 bits per heavy atom. The second-order valence-electron chi connectivity index (χ2n) is 5.31. The molecule has 0 bridgehead atoms. The number of hydrogen-bond donors (Lipinski definition) is 1. The van der Waals surface area contributed by atoms with E-state index in [4.69, 9.17) is 18.0 Å². The van der Waals surface area contributed by atoms with Gasteiger partial charge in [0.15, 0.2) is 0 Å². The Morgan fingerprint density at radius 1 is 1.42 bits per heavy atom. The molecule has 1 aliphatic heterocycles. The zero-order valence-electron chi connectivity index (χ0n) is 11.5. The van der Waals surface area contributed by atoms with E-state index in [2.05, 4.69) is 0 Å².